The predicted octanol–water partition coefficient (Wildman–Crippen LogP) is 2.86. The van der Waals surface area contributed by atoms with Crippen molar-refractivity contribution in [1.82, 2.24) is 24.6 Å². The first-order chi connectivity index (χ1) is 21.6. The molecule has 2 aliphatic rings. The average molecular weight is 619 g/mol. The van der Waals surface area contributed by atoms with Crippen LogP contribution in [0.15, 0.2) is 54.9 Å². The smallest absolute Gasteiger partial charge is 0.361 e. The minimum atomic E-state index is -0.722. The van der Waals surface area contributed by atoms with Crippen molar-refractivity contribution >= 4 is 29.3 Å². The fraction of sp³-hybridized carbons (Fsp3) is 0.364. The Bertz CT molecular complexity index is 1380. The van der Waals surface area contributed by atoms with E-state index in [9.17, 15) is 14.4 Å². The van der Waals surface area contributed by atoms with Gasteiger partial charge in [0, 0.05) is 38.9 Å². The second-order valence-corrected chi connectivity index (χ2v) is 9.22. The number of nitrogens with one attached hydrogen (secondary N) is 1. The molecule has 2 atom stereocenters. The number of likely N-dealkylation sites (tertiary alicyclic amines) is 2. The van der Waals surface area contributed by atoms with E-state index >= 15 is 0 Å². The van der Waals surface area contributed by atoms with E-state index in [0.29, 0.717) is 37.4 Å². The van der Waals surface area contributed by atoms with Gasteiger partial charge in [-0.25, -0.2) is 14.5 Å². The van der Waals surface area contributed by atoms with Crippen LogP contribution in [0.25, 0.3) is 5.69 Å². The molecule has 5 rings (SSSR count). The summed E-state index contributed by atoms with van der Waals surface area (Å²) < 4.78 is 6.67. The third kappa shape index (κ3) is 11.4. The number of aromatic nitrogens is 3. The van der Waals surface area contributed by atoms with Gasteiger partial charge in [0.05, 0.1) is 24.2 Å². The number of hydrogen-bond acceptors (Lipinski definition) is 9. The molecule has 0 radical (unpaired) electrons. The van der Waals surface area contributed by atoms with Gasteiger partial charge in [-0.1, -0.05) is 31.9 Å². The van der Waals surface area contributed by atoms with Crippen molar-refractivity contribution in [2.75, 3.05) is 39.1 Å². The van der Waals surface area contributed by atoms with Crippen molar-refractivity contribution in [3.63, 3.8) is 0 Å². The molecule has 240 valence electrons. The summed E-state index contributed by atoms with van der Waals surface area (Å²) in [6.07, 6.45) is 16.6. The Morgan fingerprint density at radius 1 is 1.02 bits per heavy atom. The molecule has 3 N–H and O–H groups in total. The predicted molar refractivity (Wildman–Crippen MR) is 173 cm³/mol. The lowest BCUT2D eigenvalue weighted by Gasteiger charge is -2.04. The van der Waals surface area contributed by atoms with E-state index in [1.54, 1.807) is 44.2 Å². The van der Waals surface area contributed by atoms with E-state index in [1.165, 1.54) is 9.80 Å². The number of carbonyl (C=O) groups is 3. The molecule has 12 nitrogen and oxygen atoms in total. The van der Waals surface area contributed by atoms with Crippen LogP contribution >= 0.6 is 0 Å². The molecule has 2 saturated heterocycles. The third-order valence-corrected chi connectivity index (χ3v) is 6.19. The van der Waals surface area contributed by atoms with Gasteiger partial charge in [-0.2, -0.15) is 5.10 Å². The van der Waals surface area contributed by atoms with Crippen LogP contribution in [0, 0.1) is 25.2 Å². The quantitative estimate of drug-likeness (QED) is 0.290. The van der Waals surface area contributed by atoms with Crippen molar-refractivity contribution in [3.8, 4) is 30.9 Å². The van der Waals surface area contributed by atoms with Gasteiger partial charge in [0.2, 0.25) is 0 Å². The normalized spacial score (nSPS) is 16.3. The molecular weight excluding hydrogens is 576 g/mol. The summed E-state index contributed by atoms with van der Waals surface area (Å²) in [6, 6.07) is 12.8. The molecule has 2 unspecified atom stereocenters. The highest BCUT2D eigenvalue weighted by Gasteiger charge is 2.26. The van der Waals surface area contributed by atoms with Gasteiger partial charge < -0.3 is 30.1 Å². The Morgan fingerprint density at radius 3 is 2.04 bits per heavy atom. The first-order valence-electron chi connectivity index (χ1n) is 14.4. The second kappa shape index (κ2) is 19.9. The van der Waals surface area contributed by atoms with Gasteiger partial charge in [-0.05, 0) is 50.1 Å². The maximum absolute atomic E-state index is 12.2. The Kier molecular flexibility index (Phi) is 16.7. The topological polar surface area (TPSA) is 150 Å². The summed E-state index contributed by atoms with van der Waals surface area (Å²) in [5, 5.41) is 25.0. The number of esters is 1. The highest BCUT2D eigenvalue weighted by Crippen LogP contribution is 2.22. The van der Waals surface area contributed by atoms with Crippen LogP contribution in [0.2, 0.25) is 0 Å². The van der Waals surface area contributed by atoms with Gasteiger partial charge in [-0.15, -0.1) is 19.3 Å². The fourth-order valence-electron chi connectivity index (χ4n) is 3.87. The van der Waals surface area contributed by atoms with Crippen LogP contribution < -0.4 is 5.32 Å². The summed E-state index contributed by atoms with van der Waals surface area (Å²) in [5.41, 5.74) is 2.15. The first-order valence-corrected chi connectivity index (χ1v) is 14.4. The van der Waals surface area contributed by atoms with E-state index < -0.39 is 18.2 Å². The standard InChI is InChI=1S/C19H16N4O2.2C5H9NO2.C2H6.C2H2/c1-3-14-8-7-9-15(12-14)23-13-16(18(22-23)19(24)25-4-2)21-17-10-5-6-11-20-17;2*1-6-3-2-4(7)5(6)8;2*1-2/h1,5-13H,4H2,2H3,(H,20,21);2*4,7H,2-3H2,1H3;1-2H3;1-2H. The number of aliphatic hydroxyl groups excluding tert-OH is 2. The lowest BCUT2D eigenvalue weighted by atomic mass is 10.2. The molecule has 0 aliphatic carbocycles. The number of aliphatic hydroxyl groups is 2. The monoisotopic (exact) mass is 618 g/mol. The van der Waals surface area contributed by atoms with Crippen molar-refractivity contribution in [1.29, 1.82) is 0 Å². The Balaban J connectivity index is 0.000000412. The van der Waals surface area contributed by atoms with Crippen LogP contribution in [0.3, 0.4) is 0 Å². The molecule has 2 amide bonds. The van der Waals surface area contributed by atoms with E-state index in [1.807, 2.05) is 50.2 Å². The summed E-state index contributed by atoms with van der Waals surface area (Å²) in [4.78, 5) is 40.7. The number of amides is 2. The Morgan fingerprint density at radius 2 is 1.62 bits per heavy atom. The molecule has 2 fully saturated rings. The zero-order valence-electron chi connectivity index (χ0n) is 26.4. The number of carbonyl (C=O) groups excluding carboxylic acids is 3. The molecule has 0 bridgehead atoms. The van der Waals surface area contributed by atoms with E-state index in [0.717, 1.165) is 11.3 Å². The molecule has 2 aliphatic heterocycles. The first kappa shape index (κ1) is 37.9. The van der Waals surface area contributed by atoms with Gasteiger partial charge in [-0.3, -0.25) is 9.59 Å². The SMILES string of the molecule is C#C.C#Cc1cccc(-n2cc(Nc3ccccn3)c(C(=O)OCC)n2)c1.CC.CN1CCC(O)C1=O.CN1CCC(O)C1=O. The summed E-state index contributed by atoms with van der Waals surface area (Å²) in [7, 11) is 3.39. The molecule has 12 heteroatoms. The molecule has 1 aromatic carbocycles. The largest absolute Gasteiger partial charge is 0.461 e. The number of likely N-dealkylation sites (N-methyl/N-ethyl adjacent to an activating group) is 2. The molecule has 4 heterocycles. The number of benzene rings is 1. The average Bonchev–Trinajstić information content (AvgIpc) is 3.73. The van der Waals surface area contributed by atoms with Gasteiger partial charge in [0.15, 0.2) is 5.69 Å². The molecule has 2 aromatic heterocycles. The number of nitrogens with zero attached hydrogens (tertiary/aromatic N) is 5. The lowest BCUT2D eigenvalue weighted by Crippen LogP contribution is -2.24. The molecule has 0 spiro atoms. The lowest BCUT2D eigenvalue weighted by molar-refractivity contribution is -0.133. The van der Waals surface area contributed by atoms with Crippen LogP contribution in [-0.2, 0) is 14.3 Å². The molecule has 45 heavy (non-hydrogen) atoms. The number of pyridine rings is 1. The van der Waals surface area contributed by atoms with Crippen LogP contribution in [0.1, 0.15) is 49.7 Å². The van der Waals surface area contributed by atoms with E-state index in [2.05, 4.69) is 34.2 Å². The summed E-state index contributed by atoms with van der Waals surface area (Å²) in [5.74, 6) is 2.38. The highest BCUT2D eigenvalue weighted by atomic mass is 16.5. The van der Waals surface area contributed by atoms with E-state index in [-0.39, 0.29) is 24.1 Å². The fourth-order valence-corrected chi connectivity index (χ4v) is 3.87. The summed E-state index contributed by atoms with van der Waals surface area (Å²) in [6.45, 7) is 7.40. The number of terminal acetylenes is 2. The van der Waals surface area contributed by atoms with Gasteiger partial charge in [0.25, 0.3) is 11.8 Å². The highest BCUT2D eigenvalue weighted by molar-refractivity contribution is 5.94. The van der Waals surface area contributed by atoms with Crippen molar-refractivity contribution in [3.05, 3.63) is 66.1 Å². The minimum absolute atomic E-state index is 0.148. The van der Waals surface area contributed by atoms with Gasteiger partial charge >= 0.3 is 5.97 Å². The van der Waals surface area contributed by atoms with Crippen molar-refractivity contribution in [2.45, 2.75) is 45.8 Å². The Labute approximate surface area is 265 Å². The minimum Gasteiger partial charge on any atom is -0.461 e. The second-order valence-electron chi connectivity index (χ2n) is 9.22. The maximum atomic E-state index is 12.2. The summed E-state index contributed by atoms with van der Waals surface area (Å²) >= 11 is 0. The van der Waals surface area contributed by atoms with Gasteiger partial charge in [0.1, 0.15) is 18.0 Å². The van der Waals surface area contributed by atoms with E-state index in [4.69, 9.17) is 21.4 Å². The van der Waals surface area contributed by atoms with Crippen molar-refractivity contribution in [2.24, 2.45) is 0 Å². The van der Waals surface area contributed by atoms with Crippen LogP contribution in [0.5, 0.6) is 0 Å². The number of hydrogen-bond donors (Lipinski definition) is 3. The third-order valence-electron chi connectivity index (χ3n) is 6.19. The van der Waals surface area contributed by atoms with Crippen LogP contribution in [-0.4, -0.2) is 98.6 Å². The Hall–Kier alpha value is -5.17. The molecular formula is C33H42N6O6. The van der Waals surface area contributed by atoms with Crippen molar-refractivity contribution < 1.29 is 29.3 Å². The molecule has 0 saturated carbocycles. The van der Waals surface area contributed by atoms with Crippen LogP contribution in [0.4, 0.5) is 11.5 Å². The zero-order chi connectivity index (χ0) is 33.9. The zero-order valence-corrected chi connectivity index (χ0v) is 26.4. The maximum Gasteiger partial charge on any atom is 0.361 e. The molecule has 3 aromatic rings. The number of rotatable bonds is 5. The number of anilines is 2. The number of ether oxygens (including phenoxy) is 1.